The first-order chi connectivity index (χ1) is 5.88. The highest BCUT2D eigenvalue weighted by atomic mass is 79.9. The van der Waals surface area contributed by atoms with Gasteiger partial charge in [-0.2, -0.15) is 8.78 Å². The van der Waals surface area contributed by atoms with E-state index >= 15 is 0 Å². The molecule has 0 N–H and O–H groups in total. The maximum atomic E-state index is 13.3. The molecule has 0 saturated carbocycles. The molecule has 14 heavy (non-hydrogen) atoms. The minimum Gasteiger partial charge on any atom is -0.217 e. The molecule has 2 atom stereocenters. The Labute approximate surface area is 116 Å². The smallest absolute Gasteiger partial charge is 0.217 e. The van der Waals surface area contributed by atoms with Crippen LogP contribution in [0.4, 0.5) is 13.2 Å². The van der Waals surface area contributed by atoms with Crippen LogP contribution in [0.5, 0.6) is 0 Å². The molecule has 0 bridgehead atoms. The van der Waals surface area contributed by atoms with Crippen LogP contribution in [0.25, 0.3) is 0 Å². The van der Waals surface area contributed by atoms with Gasteiger partial charge < -0.3 is 0 Å². The summed E-state index contributed by atoms with van der Waals surface area (Å²) in [6.07, 6.45) is -0.501. The van der Waals surface area contributed by atoms with Gasteiger partial charge in [0.1, 0.15) is 0 Å². The van der Waals surface area contributed by atoms with E-state index in [9.17, 15) is 13.2 Å². The summed E-state index contributed by atoms with van der Waals surface area (Å²) in [5.41, 5.74) is 0. The lowest BCUT2D eigenvalue weighted by Crippen LogP contribution is -2.43. The third kappa shape index (κ3) is 4.83. The predicted octanol–water partition coefficient (Wildman–Crippen LogP) is 5.40. The van der Waals surface area contributed by atoms with Crippen molar-refractivity contribution in [2.24, 2.45) is 0 Å². The van der Waals surface area contributed by atoms with Crippen LogP contribution in [0.3, 0.4) is 0 Å². The van der Waals surface area contributed by atoms with Gasteiger partial charge in [-0.1, -0.05) is 62.3 Å². The van der Waals surface area contributed by atoms with E-state index in [1.54, 1.807) is 0 Å². The minimum atomic E-state index is -3.92. The number of hydrogen-bond donors (Lipinski definition) is 0. The van der Waals surface area contributed by atoms with Crippen LogP contribution in [0.1, 0.15) is 6.42 Å². The number of halogens is 9. The predicted molar refractivity (Wildman–Crippen MR) is 61.2 cm³/mol. The first-order valence-corrected chi connectivity index (χ1v) is 6.25. The molecule has 86 valence electrons. The zero-order valence-corrected chi connectivity index (χ0v) is 12.4. The zero-order chi connectivity index (χ0) is 11.8. The lowest BCUT2D eigenvalue weighted by Gasteiger charge is -2.29. The van der Waals surface area contributed by atoms with E-state index < -0.39 is 25.0 Å². The van der Waals surface area contributed by atoms with Gasteiger partial charge in [-0.3, -0.25) is 0 Å². The highest BCUT2D eigenvalue weighted by molar-refractivity contribution is 9.10. The van der Waals surface area contributed by atoms with Gasteiger partial charge in [0.2, 0.25) is 0 Å². The van der Waals surface area contributed by atoms with Gasteiger partial charge in [0.05, 0.1) is 4.83 Å². The quantitative estimate of drug-likeness (QED) is 0.535. The van der Waals surface area contributed by atoms with Crippen molar-refractivity contribution in [3.8, 4) is 0 Å². The Bertz CT molecular complexity index is 200. The van der Waals surface area contributed by atoms with E-state index in [0.29, 0.717) is 0 Å². The highest BCUT2D eigenvalue weighted by Gasteiger charge is 2.57. The largest absolute Gasteiger partial charge is 0.349 e. The Morgan fingerprint density at radius 2 is 1.43 bits per heavy atom. The second kappa shape index (κ2) is 5.05. The van der Waals surface area contributed by atoms with Crippen LogP contribution in [-0.4, -0.2) is 18.6 Å². The molecule has 0 saturated heterocycles. The average Bonchev–Trinajstić information content (AvgIpc) is 1.80. The summed E-state index contributed by atoms with van der Waals surface area (Å²) in [7, 11) is 0. The lowest BCUT2D eigenvalue weighted by molar-refractivity contribution is -0.00565. The second-order valence-corrected chi connectivity index (χ2v) is 7.57. The van der Waals surface area contributed by atoms with Crippen molar-refractivity contribution >= 4 is 78.3 Å². The molecule has 0 aromatic heterocycles. The topological polar surface area (TPSA) is 0 Å². The van der Waals surface area contributed by atoms with E-state index in [1.165, 1.54) is 0 Å². The fraction of sp³-hybridized carbons (Fsp3) is 1.00. The second-order valence-electron chi connectivity index (χ2n) is 2.41. The molecule has 0 radical (unpaired) electrons. The minimum absolute atomic E-state index is 0.501. The van der Waals surface area contributed by atoms with Crippen molar-refractivity contribution in [3.63, 3.8) is 0 Å². The fourth-order valence-corrected chi connectivity index (χ4v) is 2.96. The SMILES string of the molecule is FC(F)(Br)C(F)(Cl)C(Br)CC(Cl)(Cl)Cl. The Kier molecular flexibility index (Phi) is 5.73. The van der Waals surface area contributed by atoms with Gasteiger partial charge in [-0.25, -0.2) is 4.39 Å². The molecule has 0 aliphatic heterocycles. The summed E-state index contributed by atoms with van der Waals surface area (Å²) in [6.45, 7) is 0. The average molecular weight is 422 g/mol. The van der Waals surface area contributed by atoms with Crippen molar-refractivity contribution in [2.45, 2.75) is 25.0 Å². The van der Waals surface area contributed by atoms with E-state index in [4.69, 9.17) is 46.4 Å². The molecule has 0 aromatic rings. The molecule has 0 aromatic carbocycles. The van der Waals surface area contributed by atoms with Crippen molar-refractivity contribution < 1.29 is 13.2 Å². The Hall–Kier alpha value is 1.91. The molecule has 0 nitrogen and oxygen atoms in total. The first kappa shape index (κ1) is 15.9. The van der Waals surface area contributed by atoms with E-state index in [1.807, 2.05) is 15.9 Å². The monoisotopic (exact) mass is 418 g/mol. The third-order valence-electron chi connectivity index (χ3n) is 1.18. The van der Waals surface area contributed by atoms with Crippen molar-refractivity contribution in [1.82, 2.24) is 0 Å². The number of rotatable bonds is 3. The summed E-state index contributed by atoms with van der Waals surface area (Å²) < 4.78 is 36.6. The highest BCUT2D eigenvalue weighted by Crippen LogP contribution is 2.49. The maximum Gasteiger partial charge on any atom is 0.349 e. The molecule has 9 heteroatoms. The molecule has 0 rings (SSSR count). The Morgan fingerprint density at radius 3 is 1.64 bits per heavy atom. The fourth-order valence-electron chi connectivity index (χ4n) is 0.509. The van der Waals surface area contributed by atoms with Gasteiger partial charge >= 0.3 is 4.83 Å². The molecule has 0 aliphatic rings. The van der Waals surface area contributed by atoms with E-state index in [2.05, 4.69) is 15.9 Å². The lowest BCUT2D eigenvalue weighted by atomic mass is 10.2. The van der Waals surface area contributed by atoms with Crippen molar-refractivity contribution in [1.29, 1.82) is 0 Å². The van der Waals surface area contributed by atoms with E-state index in [0.717, 1.165) is 0 Å². The van der Waals surface area contributed by atoms with Crippen LogP contribution in [-0.2, 0) is 0 Å². The molecule has 0 amide bonds. The number of alkyl halides is 9. The van der Waals surface area contributed by atoms with Crippen LogP contribution >= 0.6 is 78.3 Å². The van der Waals surface area contributed by atoms with Gasteiger partial charge in [-0.15, -0.1) is 0 Å². The molecule has 0 fully saturated rings. The van der Waals surface area contributed by atoms with Crippen LogP contribution in [0.15, 0.2) is 0 Å². The molecule has 0 aliphatic carbocycles. The molecular formula is C5H3Br2Cl4F3. The van der Waals surface area contributed by atoms with Gasteiger partial charge in [0.15, 0.2) is 3.79 Å². The summed E-state index contributed by atoms with van der Waals surface area (Å²) in [5, 5.41) is -3.38. The van der Waals surface area contributed by atoms with Crippen LogP contribution in [0, 0.1) is 0 Å². The summed E-state index contributed by atoms with van der Waals surface area (Å²) in [6, 6.07) is 0. The Morgan fingerprint density at radius 1 is 1.07 bits per heavy atom. The summed E-state index contributed by atoms with van der Waals surface area (Å²) in [5.74, 6) is 0. The molecule has 0 heterocycles. The maximum absolute atomic E-state index is 13.3. The number of hydrogen-bond acceptors (Lipinski definition) is 0. The standard InChI is InChI=1S/C5H3Br2Cl4F3/c6-2(1-3(8,9)10)4(11,12)5(7,13)14/h2H,1H2. The third-order valence-corrected chi connectivity index (χ3v) is 4.17. The summed E-state index contributed by atoms with van der Waals surface area (Å²) >= 11 is 25.3. The first-order valence-electron chi connectivity index (χ1n) is 3.03. The van der Waals surface area contributed by atoms with Gasteiger partial charge in [0.25, 0.3) is 5.13 Å². The zero-order valence-electron chi connectivity index (χ0n) is 6.19. The Balaban J connectivity index is 4.61. The normalized spacial score (nSPS) is 20.4. The van der Waals surface area contributed by atoms with Crippen molar-refractivity contribution in [3.05, 3.63) is 0 Å². The molecule has 2 unspecified atom stereocenters. The van der Waals surface area contributed by atoms with Gasteiger partial charge in [-0.05, 0) is 15.9 Å². The van der Waals surface area contributed by atoms with E-state index in [-0.39, 0.29) is 0 Å². The van der Waals surface area contributed by atoms with Gasteiger partial charge in [0, 0.05) is 6.42 Å². The molecule has 0 spiro atoms. The van der Waals surface area contributed by atoms with Crippen LogP contribution in [0.2, 0.25) is 0 Å². The molecular weight excluding hydrogens is 419 g/mol. The van der Waals surface area contributed by atoms with Crippen LogP contribution < -0.4 is 0 Å². The van der Waals surface area contributed by atoms with Crippen molar-refractivity contribution in [2.75, 3.05) is 0 Å². The summed E-state index contributed by atoms with van der Waals surface area (Å²) in [4.78, 5) is -5.44.